The van der Waals surface area contributed by atoms with Crippen molar-refractivity contribution >= 4 is 28.3 Å². The lowest BCUT2D eigenvalue weighted by Gasteiger charge is -2.26. The highest BCUT2D eigenvalue weighted by atomic mass is 32.1. The van der Waals surface area contributed by atoms with Crippen LogP contribution in [-0.4, -0.2) is 55.1 Å². The fourth-order valence-corrected chi connectivity index (χ4v) is 2.63. The van der Waals surface area contributed by atoms with Crippen LogP contribution in [-0.2, 0) is 9.53 Å². The van der Waals surface area contributed by atoms with Crippen molar-refractivity contribution in [3.05, 3.63) is 33.2 Å². The molecule has 0 radical (unpaired) electrons. The van der Waals surface area contributed by atoms with E-state index in [0.717, 1.165) is 44.2 Å². The zero-order valence-electron chi connectivity index (χ0n) is 11.5. The van der Waals surface area contributed by atoms with Gasteiger partial charge in [0.1, 0.15) is 0 Å². The number of nitrogens with zero attached hydrogens (tertiary/aromatic N) is 2. The number of thiophene rings is 1. The average molecular weight is 311 g/mol. The Balaban J connectivity index is 1.70. The number of ether oxygens (including phenoxy) is 1. The molecule has 0 atom stereocenters. The molecule has 8 heteroatoms. The Bertz CT molecular complexity index is 523. The van der Waals surface area contributed by atoms with E-state index in [4.69, 9.17) is 4.74 Å². The van der Waals surface area contributed by atoms with E-state index >= 15 is 0 Å². The average Bonchev–Trinajstić information content (AvgIpc) is 2.95. The fraction of sp³-hybridized carbons (Fsp3) is 0.462. The number of carbonyl (C=O) groups is 1. The third-order valence-electron chi connectivity index (χ3n) is 3.02. The van der Waals surface area contributed by atoms with Gasteiger partial charge in [-0.25, -0.2) is 0 Å². The number of nitrogens with one attached hydrogen (secondary N) is 1. The topological polar surface area (TPSA) is 84.7 Å². The first-order valence-corrected chi connectivity index (χ1v) is 7.47. The summed E-state index contributed by atoms with van der Waals surface area (Å²) in [5.41, 5.74) is 0. The number of hydrogen-bond donors (Lipinski definition) is 1. The van der Waals surface area contributed by atoms with Crippen molar-refractivity contribution in [2.45, 2.75) is 0 Å². The minimum absolute atomic E-state index is 0.0716. The maximum Gasteiger partial charge on any atom is 0.324 e. The smallest absolute Gasteiger partial charge is 0.324 e. The number of nitro groups is 1. The maximum absolute atomic E-state index is 11.6. The molecule has 1 amide bonds. The van der Waals surface area contributed by atoms with Crippen molar-refractivity contribution in [1.29, 1.82) is 0 Å². The van der Waals surface area contributed by atoms with Crippen LogP contribution in [0.5, 0.6) is 0 Å². The van der Waals surface area contributed by atoms with E-state index in [0.29, 0.717) is 11.4 Å². The van der Waals surface area contributed by atoms with Gasteiger partial charge in [-0.2, -0.15) is 0 Å². The highest BCUT2D eigenvalue weighted by Crippen LogP contribution is 2.24. The third-order valence-corrected chi connectivity index (χ3v) is 4.02. The quantitative estimate of drug-likeness (QED) is 0.483. The lowest BCUT2D eigenvalue weighted by Crippen LogP contribution is -2.41. The minimum Gasteiger partial charge on any atom is -0.379 e. The van der Waals surface area contributed by atoms with Gasteiger partial charge < -0.3 is 10.1 Å². The van der Waals surface area contributed by atoms with Crippen molar-refractivity contribution in [3.8, 4) is 0 Å². The van der Waals surface area contributed by atoms with Crippen LogP contribution in [0.4, 0.5) is 5.00 Å². The molecule has 0 unspecified atom stereocenters. The molecule has 1 fully saturated rings. The Morgan fingerprint density at radius 1 is 1.48 bits per heavy atom. The van der Waals surface area contributed by atoms with Gasteiger partial charge in [-0.05, 0) is 12.1 Å². The fourth-order valence-electron chi connectivity index (χ4n) is 1.91. The van der Waals surface area contributed by atoms with Crippen LogP contribution >= 0.6 is 11.3 Å². The molecule has 1 N–H and O–H groups in total. The largest absolute Gasteiger partial charge is 0.379 e. The van der Waals surface area contributed by atoms with Gasteiger partial charge in [0.05, 0.1) is 18.1 Å². The Morgan fingerprint density at radius 3 is 2.90 bits per heavy atom. The molecule has 2 rings (SSSR count). The molecule has 1 aliphatic rings. The standard InChI is InChI=1S/C13H17N3O4S/c17-12(14-5-6-15-7-9-20-10-8-15)3-1-11-2-4-13(21-11)16(18)19/h1-4H,5-10H2,(H,14,17)/b3-1+. The molecular weight excluding hydrogens is 294 g/mol. The van der Waals surface area contributed by atoms with Crippen LogP contribution in [0.25, 0.3) is 6.08 Å². The Hall–Kier alpha value is -1.77. The van der Waals surface area contributed by atoms with Gasteiger partial charge in [-0.3, -0.25) is 19.8 Å². The van der Waals surface area contributed by atoms with Crippen molar-refractivity contribution in [2.75, 3.05) is 39.4 Å². The summed E-state index contributed by atoms with van der Waals surface area (Å²) in [6.07, 6.45) is 2.98. The molecule has 0 aliphatic carbocycles. The number of hydrogen-bond acceptors (Lipinski definition) is 6. The molecule has 21 heavy (non-hydrogen) atoms. The van der Waals surface area contributed by atoms with Crippen molar-refractivity contribution in [2.24, 2.45) is 0 Å². The normalized spacial score (nSPS) is 16.2. The highest BCUT2D eigenvalue weighted by Gasteiger charge is 2.10. The molecule has 2 heterocycles. The predicted molar refractivity (Wildman–Crippen MR) is 80.3 cm³/mol. The second-order valence-electron chi connectivity index (χ2n) is 4.51. The Morgan fingerprint density at radius 2 is 2.24 bits per heavy atom. The molecular formula is C13H17N3O4S. The van der Waals surface area contributed by atoms with Crippen molar-refractivity contribution < 1.29 is 14.5 Å². The summed E-state index contributed by atoms with van der Waals surface area (Å²) in [4.78, 5) is 24.6. The summed E-state index contributed by atoms with van der Waals surface area (Å²) < 4.78 is 5.25. The second-order valence-corrected chi connectivity index (χ2v) is 5.61. The van der Waals surface area contributed by atoms with Crippen molar-refractivity contribution in [1.82, 2.24) is 10.2 Å². The van der Waals surface area contributed by atoms with Gasteiger partial charge in [0.15, 0.2) is 0 Å². The molecule has 0 saturated carbocycles. The molecule has 1 saturated heterocycles. The summed E-state index contributed by atoms with van der Waals surface area (Å²) in [5, 5.41) is 13.4. The first-order chi connectivity index (χ1) is 10.1. The molecule has 114 valence electrons. The number of rotatable bonds is 6. The molecule has 0 aromatic carbocycles. The Labute approximate surface area is 126 Å². The van der Waals surface area contributed by atoms with Gasteiger partial charge in [0, 0.05) is 43.2 Å². The molecule has 1 aromatic heterocycles. The molecule has 0 bridgehead atoms. The van der Waals surface area contributed by atoms with Gasteiger partial charge in [-0.15, -0.1) is 0 Å². The lowest BCUT2D eigenvalue weighted by molar-refractivity contribution is -0.380. The first-order valence-electron chi connectivity index (χ1n) is 6.65. The van der Waals surface area contributed by atoms with E-state index in [-0.39, 0.29) is 10.9 Å². The summed E-state index contributed by atoms with van der Waals surface area (Å²) in [6, 6.07) is 3.06. The summed E-state index contributed by atoms with van der Waals surface area (Å²) >= 11 is 1.04. The van der Waals surface area contributed by atoms with E-state index in [2.05, 4.69) is 10.2 Å². The van der Waals surface area contributed by atoms with E-state index < -0.39 is 4.92 Å². The van der Waals surface area contributed by atoms with Crippen LogP contribution < -0.4 is 5.32 Å². The van der Waals surface area contributed by atoms with Crippen molar-refractivity contribution in [3.63, 3.8) is 0 Å². The molecule has 1 aromatic rings. The van der Waals surface area contributed by atoms with E-state index in [1.54, 1.807) is 12.1 Å². The molecule has 0 spiro atoms. The SMILES string of the molecule is O=C(/C=C/c1ccc([N+](=O)[O-])s1)NCCN1CCOCC1. The minimum atomic E-state index is -0.440. The third kappa shape index (κ3) is 5.25. The zero-order chi connectivity index (χ0) is 15.1. The number of carbonyl (C=O) groups excluding carboxylic acids is 1. The second kappa shape index (κ2) is 7.87. The maximum atomic E-state index is 11.6. The summed E-state index contributed by atoms with van der Waals surface area (Å²) in [5.74, 6) is -0.195. The molecule has 1 aliphatic heterocycles. The number of morpholine rings is 1. The zero-order valence-corrected chi connectivity index (χ0v) is 12.3. The summed E-state index contributed by atoms with van der Waals surface area (Å²) in [7, 11) is 0. The van der Waals surface area contributed by atoms with Gasteiger partial charge in [0.25, 0.3) is 0 Å². The van der Waals surface area contributed by atoms with E-state index in [1.807, 2.05) is 0 Å². The van der Waals surface area contributed by atoms with Gasteiger partial charge >= 0.3 is 5.00 Å². The highest BCUT2D eigenvalue weighted by molar-refractivity contribution is 7.16. The van der Waals surface area contributed by atoms with Crippen LogP contribution in [0.2, 0.25) is 0 Å². The number of amides is 1. The van der Waals surface area contributed by atoms with E-state index in [9.17, 15) is 14.9 Å². The van der Waals surface area contributed by atoms with Crippen LogP contribution in [0, 0.1) is 10.1 Å². The predicted octanol–water partition coefficient (Wildman–Crippen LogP) is 1.12. The molecule has 7 nitrogen and oxygen atoms in total. The van der Waals surface area contributed by atoms with Gasteiger partial charge in [-0.1, -0.05) is 11.3 Å². The van der Waals surface area contributed by atoms with Crippen LogP contribution in [0.15, 0.2) is 18.2 Å². The van der Waals surface area contributed by atoms with Gasteiger partial charge in [0.2, 0.25) is 5.91 Å². The van der Waals surface area contributed by atoms with E-state index in [1.165, 1.54) is 12.1 Å². The van der Waals surface area contributed by atoms with Crippen LogP contribution in [0.3, 0.4) is 0 Å². The lowest BCUT2D eigenvalue weighted by atomic mass is 10.4. The van der Waals surface area contributed by atoms with Crippen LogP contribution in [0.1, 0.15) is 4.88 Å². The Kier molecular flexibility index (Phi) is 5.85. The summed E-state index contributed by atoms with van der Waals surface area (Å²) in [6.45, 7) is 4.65. The first kappa shape index (κ1) is 15.6. The monoisotopic (exact) mass is 311 g/mol.